The van der Waals surface area contributed by atoms with Gasteiger partial charge in [-0.15, -0.1) is 0 Å². The maximum atomic E-state index is 12.2. The maximum absolute atomic E-state index is 12.2. The van der Waals surface area contributed by atoms with Crippen LogP contribution in [0.1, 0.15) is 33.0 Å². The van der Waals surface area contributed by atoms with E-state index in [1.807, 2.05) is 0 Å². The van der Waals surface area contributed by atoms with Gasteiger partial charge in [-0.2, -0.15) is 0 Å². The standard InChI is InChI=1S/C17H23N3O6/c1-10(2)18-17(24)19-15(22)11(3)26-16(23)12-7-14(21)20(8-12)9-13-5-4-6-25-13/h4-6,10-12H,7-9H2,1-3H3,(H2,18,19,22,24)/t11-,12-/m0/s1. The Morgan fingerprint density at radius 1 is 1.35 bits per heavy atom. The fourth-order valence-corrected chi connectivity index (χ4v) is 2.51. The number of likely N-dealkylation sites (tertiary alicyclic amines) is 1. The summed E-state index contributed by atoms with van der Waals surface area (Å²) in [6.07, 6.45) is 0.383. The molecule has 1 aromatic heterocycles. The average Bonchev–Trinajstić information content (AvgIpc) is 3.17. The number of hydrogen-bond acceptors (Lipinski definition) is 6. The highest BCUT2D eigenvalue weighted by molar-refractivity contribution is 5.97. The number of rotatable bonds is 6. The molecule has 1 fully saturated rings. The Balaban J connectivity index is 1.82. The fourth-order valence-electron chi connectivity index (χ4n) is 2.51. The number of carbonyl (C=O) groups excluding carboxylic acids is 4. The molecule has 2 heterocycles. The van der Waals surface area contributed by atoms with Crippen molar-refractivity contribution in [1.82, 2.24) is 15.5 Å². The number of carbonyl (C=O) groups is 4. The number of imide groups is 1. The van der Waals surface area contributed by atoms with E-state index in [0.717, 1.165) is 0 Å². The second-order valence-electron chi connectivity index (χ2n) is 6.45. The van der Waals surface area contributed by atoms with Crippen molar-refractivity contribution in [3.8, 4) is 0 Å². The Morgan fingerprint density at radius 3 is 2.69 bits per heavy atom. The van der Waals surface area contributed by atoms with Gasteiger partial charge < -0.3 is 19.4 Å². The summed E-state index contributed by atoms with van der Waals surface area (Å²) in [6, 6.07) is 2.67. The number of ether oxygens (including phenoxy) is 1. The Morgan fingerprint density at radius 2 is 2.08 bits per heavy atom. The van der Waals surface area contributed by atoms with E-state index in [9.17, 15) is 19.2 Å². The summed E-state index contributed by atoms with van der Waals surface area (Å²) in [4.78, 5) is 49.1. The van der Waals surface area contributed by atoms with Gasteiger partial charge >= 0.3 is 12.0 Å². The lowest BCUT2D eigenvalue weighted by atomic mass is 10.1. The SMILES string of the molecule is CC(C)NC(=O)NC(=O)[C@H](C)OC(=O)[C@H]1CC(=O)N(Cc2ccco2)C1. The first-order valence-electron chi connectivity index (χ1n) is 8.38. The van der Waals surface area contributed by atoms with Crippen LogP contribution in [-0.4, -0.2) is 47.4 Å². The Hall–Kier alpha value is -2.84. The third-order valence-corrected chi connectivity index (χ3v) is 3.79. The van der Waals surface area contributed by atoms with Crippen LogP contribution in [0.15, 0.2) is 22.8 Å². The third-order valence-electron chi connectivity index (χ3n) is 3.79. The zero-order valence-electron chi connectivity index (χ0n) is 15.0. The third kappa shape index (κ3) is 5.33. The number of nitrogens with one attached hydrogen (secondary N) is 2. The lowest BCUT2D eigenvalue weighted by Gasteiger charge is -2.17. The molecular weight excluding hydrogens is 342 g/mol. The fraction of sp³-hybridized carbons (Fsp3) is 0.529. The van der Waals surface area contributed by atoms with E-state index >= 15 is 0 Å². The Labute approximate surface area is 151 Å². The summed E-state index contributed by atoms with van der Waals surface area (Å²) in [7, 11) is 0. The first-order chi connectivity index (χ1) is 12.3. The predicted octanol–water partition coefficient (Wildman–Crippen LogP) is 0.794. The van der Waals surface area contributed by atoms with Crippen molar-refractivity contribution < 1.29 is 28.3 Å². The van der Waals surface area contributed by atoms with E-state index in [1.165, 1.54) is 18.1 Å². The molecule has 0 unspecified atom stereocenters. The van der Waals surface area contributed by atoms with Crippen molar-refractivity contribution in [3.63, 3.8) is 0 Å². The highest BCUT2D eigenvalue weighted by Crippen LogP contribution is 2.22. The van der Waals surface area contributed by atoms with Crippen molar-refractivity contribution in [2.24, 2.45) is 5.92 Å². The second-order valence-corrected chi connectivity index (χ2v) is 6.45. The van der Waals surface area contributed by atoms with Crippen LogP contribution < -0.4 is 10.6 Å². The van der Waals surface area contributed by atoms with E-state index in [4.69, 9.17) is 9.15 Å². The van der Waals surface area contributed by atoms with Gasteiger partial charge in [0.15, 0.2) is 6.10 Å². The van der Waals surface area contributed by atoms with Gasteiger partial charge in [0.05, 0.1) is 18.7 Å². The van der Waals surface area contributed by atoms with Crippen LogP contribution >= 0.6 is 0 Å². The topological polar surface area (TPSA) is 118 Å². The minimum absolute atomic E-state index is 0.0156. The normalized spacial score (nSPS) is 17.9. The number of hydrogen-bond donors (Lipinski definition) is 2. The molecule has 0 spiro atoms. The Kier molecular flexibility index (Phi) is 6.37. The molecule has 0 aromatic carbocycles. The number of amides is 4. The zero-order valence-corrected chi connectivity index (χ0v) is 15.0. The number of esters is 1. The summed E-state index contributed by atoms with van der Waals surface area (Å²) >= 11 is 0. The van der Waals surface area contributed by atoms with E-state index < -0.39 is 29.9 Å². The lowest BCUT2D eigenvalue weighted by Crippen LogP contribution is -2.47. The first kappa shape index (κ1) is 19.5. The molecule has 26 heavy (non-hydrogen) atoms. The van der Waals surface area contributed by atoms with Gasteiger partial charge in [-0.1, -0.05) is 0 Å². The molecule has 1 saturated heterocycles. The van der Waals surface area contributed by atoms with Crippen LogP contribution in [-0.2, 0) is 25.7 Å². The molecular formula is C17H23N3O6. The van der Waals surface area contributed by atoms with Crippen molar-refractivity contribution >= 4 is 23.8 Å². The van der Waals surface area contributed by atoms with Crippen LogP contribution in [0.3, 0.4) is 0 Å². The molecule has 9 nitrogen and oxygen atoms in total. The molecule has 0 radical (unpaired) electrons. The van der Waals surface area contributed by atoms with Crippen molar-refractivity contribution in [3.05, 3.63) is 24.2 Å². The largest absolute Gasteiger partial charge is 0.467 e. The predicted molar refractivity (Wildman–Crippen MR) is 89.6 cm³/mol. The van der Waals surface area contributed by atoms with Gasteiger partial charge in [0.25, 0.3) is 5.91 Å². The summed E-state index contributed by atoms with van der Waals surface area (Å²) in [5.74, 6) is -1.59. The van der Waals surface area contributed by atoms with Gasteiger partial charge in [0.2, 0.25) is 5.91 Å². The molecule has 1 aliphatic heterocycles. The molecule has 0 aliphatic carbocycles. The smallest absolute Gasteiger partial charge is 0.321 e. The van der Waals surface area contributed by atoms with E-state index in [2.05, 4.69) is 10.6 Å². The summed E-state index contributed by atoms with van der Waals surface area (Å²) in [5.41, 5.74) is 0. The molecule has 9 heteroatoms. The molecule has 2 N–H and O–H groups in total. The lowest BCUT2D eigenvalue weighted by molar-refractivity contribution is -0.158. The average molecular weight is 365 g/mol. The summed E-state index contributed by atoms with van der Waals surface area (Å²) in [5, 5.41) is 4.60. The van der Waals surface area contributed by atoms with Crippen LogP contribution in [0.5, 0.6) is 0 Å². The minimum Gasteiger partial charge on any atom is -0.467 e. The molecule has 0 saturated carbocycles. The zero-order chi connectivity index (χ0) is 19.3. The monoisotopic (exact) mass is 365 g/mol. The maximum Gasteiger partial charge on any atom is 0.321 e. The highest BCUT2D eigenvalue weighted by atomic mass is 16.5. The molecule has 4 amide bonds. The van der Waals surface area contributed by atoms with Crippen molar-refractivity contribution in [2.45, 2.75) is 45.9 Å². The van der Waals surface area contributed by atoms with E-state index in [0.29, 0.717) is 5.76 Å². The molecule has 2 atom stereocenters. The van der Waals surface area contributed by atoms with Crippen molar-refractivity contribution in [1.29, 1.82) is 0 Å². The first-order valence-corrected chi connectivity index (χ1v) is 8.38. The summed E-state index contributed by atoms with van der Waals surface area (Å²) in [6.45, 7) is 5.34. The van der Waals surface area contributed by atoms with Crippen LogP contribution in [0.4, 0.5) is 4.79 Å². The number of furan rings is 1. The second kappa shape index (κ2) is 8.50. The van der Waals surface area contributed by atoms with Crippen LogP contribution in [0.25, 0.3) is 0 Å². The van der Waals surface area contributed by atoms with Gasteiger partial charge in [0.1, 0.15) is 5.76 Å². The molecule has 1 aromatic rings. The van der Waals surface area contributed by atoms with Gasteiger partial charge in [-0.05, 0) is 32.9 Å². The minimum atomic E-state index is -1.14. The van der Waals surface area contributed by atoms with E-state index in [-0.39, 0.29) is 31.5 Å². The van der Waals surface area contributed by atoms with Gasteiger partial charge in [-0.3, -0.25) is 19.7 Å². The highest BCUT2D eigenvalue weighted by Gasteiger charge is 2.37. The quantitative estimate of drug-likeness (QED) is 0.720. The molecule has 2 rings (SSSR count). The van der Waals surface area contributed by atoms with Gasteiger partial charge in [0, 0.05) is 19.0 Å². The molecule has 0 bridgehead atoms. The number of urea groups is 1. The van der Waals surface area contributed by atoms with E-state index in [1.54, 1.807) is 26.0 Å². The van der Waals surface area contributed by atoms with Crippen LogP contribution in [0, 0.1) is 5.92 Å². The summed E-state index contributed by atoms with van der Waals surface area (Å²) < 4.78 is 10.3. The van der Waals surface area contributed by atoms with Crippen molar-refractivity contribution in [2.75, 3.05) is 6.54 Å². The van der Waals surface area contributed by atoms with Gasteiger partial charge in [-0.25, -0.2) is 4.79 Å². The van der Waals surface area contributed by atoms with Crippen LogP contribution in [0.2, 0.25) is 0 Å². The number of nitrogens with zero attached hydrogens (tertiary/aromatic N) is 1. The molecule has 142 valence electrons. The molecule has 1 aliphatic rings. The Bertz CT molecular complexity index is 670.